The molecule has 0 fully saturated rings. The molecule has 4 nitrogen and oxygen atoms in total. The molecule has 1 amide bonds. The van der Waals surface area contributed by atoms with Gasteiger partial charge in [-0.3, -0.25) is 4.79 Å². The summed E-state index contributed by atoms with van der Waals surface area (Å²) in [4.78, 5) is 12.0. The lowest BCUT2D eigenvalue weighted by molar-refractivity contribution is -0.123. The Morgan fingerprint density at radius 1 is 1.08 bits per heavy atom. The quantitative estimate of drug-likeness (QED) is 0.684. The van der Waals surface area contributed by atoms with Gasteiger partial charge in [0.05, 0.1) is 6.54 Å². The molecule has 0 unspecified atom stereocenters. The molecular weight excluding hydrogens is 326 g/mol. The highest BCUT2D eigenvalue weighted by molar-refractivity contribution is 5.77. The molecule has 0 radical (unpaired) electrons. The van der Waals surface area contributed by atoms with Crippen LogP contribution in [0.25, 0.3) is 0 Å². The normalized spacial score (nSPS) is 10.7. The smallest absolute Gasteiger partial charge is 0.258 e. The number of benzene rings is 2. The van der Waals surface area contributed by atoms with E-state index < -0.39 is 0 Å². The Labute approximate surface area is 156 Å². The largest absolute Gasteiger partial charge is 0.492 e. The maximum atomic E-state index is 12.0. The van der Waals surface area contributed by atoms with E-state index in [1.807, 2.05) is 25.1 Å². The van der Waals surface area contributed by atoms with Crippen LogP contribution in [0.1, 0.15) is 43.4 Å². The molecule has 0 aliphatic carbocycles. The number of rotatable bonds is 9. The van der Waals surface area contributed by atoms with Crippen molar-refractivity contribution in [1.29, 1.82) is 0 Å². The molecule has 0 saturated heterocycles. The Morgan fingerprint density at radius 2 is 1.81 bits per heavy atom. The average molecular weight is 355 g/mol. The Morgan fingerprint density at radius 3 is 2.46 bits per heavy atom. The fraction of sp³-hybridized carbons (Fsp3) is 0.409. The minimum Gasteiger partial charge on any atom is -0.492 e. The van der Waals surface area contributed by atoms with Gasteiger partial charge < -0.3 is 14.8 Å². The molecule has 0 atom stereocenters. The van der Waals surface area contributed by atoms with Gasteiger partial charge in [-0.15, -0.1) is 0 Å². The Bertz CT molecular complexity index is 708. The van der Waals surface area contributed by atoms with Crippen LogP contribution in [0.4, 0.5) is 0 Å². The predicted molar refractivity (Wildman–Crippen MR) is 105 cm³/mol. The highest BCUT2D eigenvalue weighted by Crippen LogP contribution is 2.27. The van der Waals surface area contributed by atoms with Crippen LogP contribution < -0.4 is 14.8 Å². The Balaban J connectivity index is 1.73. The summed E-state index contributed by atoms with van der Waals surface area (Å²) in [5, 5.41) is 2.82. The van der Waals surface area contributed by atoms with E-state index in [-0.39, 0.29) is 12.5 Å². The van der Waals surface area contributed by atoms with Crippen molar-refractivity contribution in [2.75, 3.05) is 19.8 Å². The first-order chi connectivity index (χ1) is 12.5. The molecular formula is C22H29NO3. The average Bonchev–Trinajstić information content (AvgIpc) is 2.64. The van der Waals surface area contributed by atoms with E-state index in [1.165, 1.54) is 5.56 Å². The first-order valence-electron chi connectivity index (χ1n) is 9.21. The van der Waals surface area contributed by atoms with E-state index in [4.69, 9.17) is 9.47 Å². The second-order valence-electron chi connectivity index (χ2n) is 6.68. The van der Waals surface area contributed by atoms with Gasteiger partial charge in [-0.05, 0) is 54.2 Å². The lowest BCUT2D eigenvalue weighted by Gasteiger charge is -2.15. The van der Waals surface area contributed by atoms with Crippen LogP contribution in [-0.2, 0) is 11.2 Å². The summed E-state index contributed by atoms with van der Waals surface area (Å²) in [6.07, 6.45) is 1.01. The number of carbonyl (C=O) groups is 1. The van der Waals surface area contributed by atoms with Gasteiger partial charge in [-0.1, -0.05) is 45.0 Å². The van der Waals surface area contributed by atoms with E-state index in [0.717, 1.165) is 29.0 Å². The van der Waals surface area contributed by atoms with E-state index in [0.29, 0.717) is 19.1 Å². The number of ether oxygens (including phenoxy) is 2. The van der Waals surface area contributed by atoms with Crippen molar-refractivity contribution in [3.8, 4) is 11.5 Å². The van der Waals surface area contributed by atoms with Gasteiger partial charge in [-0.2, -0.15) is 0 Å². The molecule has 0 aromatic heterocycles. The molecule has 0 saturated carbocycles. The molecule has 0 bridgehead atoms. The first kappa shape index (κ1) is 19.8. The zero-order valence-electron chi connectivity index (χ0n) is 16.2. The highest BCUT2D eigenvalue weighted by Gasteiger charge is 2.10. The summed E-state index contributed by atoms with van der Waals surface area (Å²) in [5.41, 5.74) is 3.51. The number of carbonyl (C=O) groups excluding carboxylic acids is 1. The van der Waals surface area contributed by atoms with E-state index in [9.17, 15) is 4.79 Å². The zero-order valence-corrected chi connectivity index (χ0v) is 16.2. The van der Waals surface area contributed by atoms with Gasteiger partial charge in [0, 0.05) is 0 Å². The number of hydrogen-bond acceptors (Lipinski definition) is 3. The second-order valence-corrected chi connectivity index (χ2v) is 6.68. The molecule has 0 aliphatic rings. The SMILES string of the molecule is CCc1ccc(OCCNC(=O)COc2cc(C)ccc2C(C)C)cc1. The second kappa shape index (κ2) is 9.85. The molecule has 0 aliphatic heterocycles. The molecule has 0 heterocycles. The van der Waals surface area contributed by atoms with E-state index >= 15 is 0 Å². The van der Waals surface area contributed by atoms with Crippen LogP contribution in [0, 0.1) is 6.92 Å². The standard InChI is InChI=1S/C22H29NO3/c1-5-18-7-9-19(10-8-18)25-13-12-23-22(24)15-26-21-14-17(4)6-11-20(21)16(2)3/h6-11,14,16H,5,12-13,15H2,1-4H3,(H,23,24). The van der Waals surface area contributed by atoms with Gasteiger partial charge in [-0.25, -0.2) is 0 Å². The number of nitrogens with one attached hydrogen (secondary N) is 1. The maximum Gasteiger partial charge on any atom is 0.258 e. The summed E-state index contributed by atoms with van der Waals surface area (Å²) in [7, 11) is 0. The van der Waals surface area contributed by atoms with Gasteiger partial charge in [0.2, 0.25) is 0 Å². The van der Waals surface area contributed by atoms with Crippen molar-refractivity contribution < 1.29 is 14.3 Å². The highest BCUT2D eigenvalue weighted by atomic mass is 16.5. The fourth-order valence-corrected chi connectivity index (χ4v) is 2.62. The summed E-state index contributed by atoms with van der Waals surface area (Å²) in [6.45, 7) is 9.25. The fourth-order valence-electron chi connectivity index (χ4n) is 2.62. The van der Waals surface area contributed by atoms with Gasteiger partial charge in [0.25, 0.3) is 5.91 Å². The number of amides is 1. The molecule has 140 valence electrons. The van der Waals surface area contributed by atoms with Crippen molar-refractivity contribution in [3.63, 3.8) is 0 Å². The van der Waals surface area contributed by atoms with Gasteiger partial charge >= 0.3 is 0 Å². The third-order valence-electron chi connectivity index (χ3n) is 4.17. The molecule has 1 N–H and O–H groups in total. The number of hydrogen-bond donors (Lipinski definition) is 1. The third kappa shape index (κ3) is 6.10. The molecule has 0 spiro atoms. The number of aryl methyl sites for hydroxylation is 2. The van der Waals surface area contributed by atoms with Crippen LogP contribution in [0.15, 0.2) is 42.5 Å². The van der Waals surface area contributed by atoms with Crippen molar-refractivity contribution in [1.82, 2.24) is 5.32 Å². The lowest BCUT2D eigenvalue weighted by Crippen LogP contribution is -2.32. The van der Waals surface area contributed by atoms with Crippen molar-refractivity contribution in [2.24, 2.45) is 0 Å². The lowest BCUT2D eigenvalue weighted by atomic mass is 10.0. The topological polar surface area (TPSA) is 47.6 Å². The van der Waals surface area contributed by atoms with Crippen LogP contribution in [-0.4, -0.2) is 25.7 Å². The summed E-state index contributed by atoms with van der Waals surface area (Å²) >= 11 is 0. The Hall–Kier alpha value is -2.49. The van der Waals surface area contributed by atoms with Crippen LogP contribution in [0.5, 0.6) is 11.5 Å². The van der Waals surface area contributed by atoms with Crippen molar-refractivity contribution >= 4 is 5.91 Å². The van der Waals surface area contributed by atoms with E-state index in [2.05, 4.69) is 50.4 Å². The Kier molecular flexibility index (Phi) is 7.52. The van der Waals surface area contributed by atoms with Gasteiger partial charge in [0.1, 0.15) is 18.1 Å². The first-order valence-corrected chi connectivity index (χ1v) is 9.21. The molecule has 4 heteroatoms. The van der Waals surface area contributed by atoms with Crippen molar-refractivity contribution in [2.45, 2.75) is 40.0 Å². The van der Waals surface area contributed by atoms with Gasteiger partial charge in [0.15, 0.2) is 6.61 Å². The van der Waals surface area contributed by atoms with Crippen LogP contribution in [0.2, 0.25) is 0 Å². The maximum absolute atomic E-state index is 12.0. The molecule has 26 heavy (non-hydrogen) atoms. The molecule has 2 aromatic carbocycles. The van der Waals surface area contributed by atoms with Crippen molar-refractivity contribution in [3.05, 3.63) is 59.2 Å². The predicted octanol–water partition coefficient (Wildman–Crippen LogP) is 4.25. The minimum absolute atomic E-state index is 0.00830. The molecule has 2 rings (SSSR count). The minimum atomic E-state index is -0.147. The van der Waals surface area contributed by atoms with E-state index in [1.54, 1.807) is 0 Å². The molecule has 2 aromatic rings. The third-order valence-corrected chi connectivity index (χ3v) is 4.17. The van der Waals surface area contributed by atoms with Crippen LogP contribution >= 0.6 is 0 Å². The van der Waals surface area contributed by atoms with Crippen LogP contribution in [0.3, 0.4) is 0 Å². The monoisotopic (exact) mass is 355 g/mol. The summed E-state index contributed by atoms with van der Waals surface area (Å²) in [5.74, 6) is 1.80. The zero-order chi connectivity index (χ0) is 18.9. The summed E-state index contributed by atoms with van der Waals surface area (Å²) < 4.78 is 11.4. The summed E-state index contributed by atoms with van der Waals surface area (Å²) in [6, 6.07) is 14.1.